The van der Waals surface area contributed by atoms with Crippen LogP contribution in [0.5, 0.6) is 0 Å². The molecule has 1 amide bonds. The molecule has 138 valence electrons. The van der Waals surface area contributed by atoms with Crippen LogP contribution in [0, 0.1) is 0 Å². The Hall–Kier alpha value is -2.12. The highest BCUT2D eigenvalue weighted by molar-refractivity contribution is 8.18. The van der Waals surface area contributed by atoms with Crippen molar-refractivity contribution in [3.8, 4) is 0 Å². The fourth-order valence-electron chi connectivity index (χ4n) is 2.88. The van der Waals surface area contributed by atoms with E-state index < -0.39 is 0 Å². The van der Waals surface area contributed by atoms with Crippen LogP contribution in [0.25, 0.3) is 6.08 Å². The third kappa shape index (κ3) is 4.95. The van der Waals surface area contributed by atoms with E-state index in [1.165, 1.54) is 11.8 Å². The third-order valence-electron chi connectivity index (χ3n) is 4.29. The largest absolute Gasteiger partial charge is 0.466 e. The van der Waals surface area contributed by atoms with Crippen LogP contribution in [-0.4, -0.2) is 66.2 Å². The summed E-state index contributed by atoms with van der Waals surface area (Å²) in [6.45, 7) is 6.27. The number of esters is 1. The molecular weight excluding hydrogens is 350 g/mol. The standard InChI is InChI=1S/C19H23N3O3S/c1-2-25-17(23)8-9-21-10-12-22(13-11-21)19-20-18(24)16(26-19)14-15-6-4-3-5-7-15/h3-7,14H,2,8-13H2,1H3. The molecule has 1 saturated heterocycles. The van der Waals surface area contributed by atoms with Crippen molar-refractivity contribution in [2.45, 2.75) is 13.3 Å². The molecule has 6 nitrogen and oxygen atoms in total. The molecule has 2 heterocycles. The molecule has 0 spiro atoms. The van der Waals surface area contributed by atoms with Gasteiger partial charge in [0.2, 0.25) is 0 Å². The molecule has 3 rings (SSSR count). The lowest BCUT2D eigenvalue weighted by molar-refractivity contribution is -0.143. The second kappa shape index (κ2) is 9.00. The lowest BCUT2D eigenvalue weighted by atomic mass is 10.2. The van der Waals surface area contributed by atoms with E-state index in [9.17, 15) is 9.59 Å². The SMILES string of the molecule is CCOC(=O)CCN1CCN(C2=NC(=O)C(=Cc3ccccc3)S2)CC1. The Morgan fingerprint density at radius 3 is 2.65 bits per heavy atom. The van der Waals surface area contributed by atoms with Crippen LogP contribution in [0.1, 0.15) is 18.9 Å². The van der Waals surface area contributed by atoms with E-state index in [1.54, 1.807) is 0 Å². The average molecular weight is 373 g/mol. The summed E-state index contributed by atoms with van der Waals surface area (Å²) in [5.74, 6) is -0.314. The first-order valence-electron chi connectivity index (χ1n) is 8.86. The normalized spacial score (nSPS) is 19.7. The highest BCUT2D eigenvalue weighted by Crippen LogP contribution is 2.30. The van der Waals surface area contributed by atoms with Gasteiger partial charge in [0.15, 0.2) is 5.17 Å². The number of rotatable bonds is 5. The predicted molar refractivity (Wildman–Crippen MR) is 104 cm³/mol. The second-order valence-electron chi connectivity index (χ2n) is 6.10. The van der Waals surface area contributed by atoms with E-state index >= 15 is 0 Å². The van der Waals surface area contributed by atoms with Gasteiger partial charge in [-0.3, -0.25) is 14.5 Å². The maximum atomic E-state index is 12.2. The van der Waals surface area contributed by atoms with Gasteiger partial charge in [0, 0.05) is 32.7 Å². The summed E-state index contributed by atoms with van der Waals surface area (Å²) >= 11 is 1.44. The zero-order valence-electron chi connectivity index (χ0n) is 14.9. The number of benzene rings is 1. The van der Waals surface area contributed by atoms with Gasteiger partial charge in [-0.1, -0.05) is 30.3 Å². The minimum Gasteiger partial charge on any atom is -0.466 e. The van der Waals surface area contributed by atoms with Gasteiger partial charge in [0.1, 0.15) is 0 Å². The zero-order valence-corrected chi connectivity index (χ0v) is 15.7. The molecule has 0 bridgehead atoms. The number of ether oxygens (including phenoxy) is 1. The number of hydrogen-bond donors (Lipinski definition) is 0. The topological polar surface area (TPSA) is 62.2 Å². The fraction of sp³-hybridized carbons (Fsp3) is 0.421. The number of piperazine rings is 1. The summed E-state index contributed by atoms with van der Waals surface area (Å²) in [5, 5.41) is 0.780. The first-order valence-corrected chi connectivity index (χ1v) is 9.68. The van der Waals surface area contributed by atoms with Crippen molar-refractivity contribution < 1.29 is 14.3 Å². The second-order valence-corrected chi connectivity index (χ2v) is 7.11. The van der Waals surface area contributed by atoms with Crippen molar-refractivity contribution in [3.05, 3.63) is 40.8 Å². The van der Waals surface area contributed by atoms with Gasteiger partial charge in [-0.15, -0.1) is 0 Å². The molecule has 0 atom stereocenters. The fourth-order valence-corrected chi connectivity index (χ4v) is 3.84. The van der Waals surface area contributed by atoms with Gasteiger partial charge >= 0.3 is 5.97 Å². The van der Waals surface area contributed by atoms with Gasteiger partial charge in [-0.2, -0.15) is 4.99 Å². The van der Waals surface area contributed by atoms with Gasteiger partial charge < -0.3 is 9.64 Å². The van der Waals surface area contributed by atoms with Gasteiger partial charge in [-0.05, 0) is 30.3 Å². The molecule has 0 radical (unpaired) electrons. The maximum Gasteiger partial charge on any atom is 0.307 e. The highest BCUT2D eigenvalue weighted by atomic mass is 32.2. The molecule has 1 fully saturated rings. The minimum absolute atomic E-state index is 0.146. The first kappa shape index (κ1) is 18.7. The van der Waals surface area contributed by atoms with Gasteiger partial charge in [0.05, 0.1) is 17.9 Å². The third-order valence-corrected chi connectivity index (χ3v) is 5.33. The van der Waals surface area contributed by atoms with Crippen molar-refractivity contribution in [2.24, 2.45) is 4.99 Å². The monoisotopic (exact) mass is 373 g/mol. The number of nitrogens with zero attached hydrogens (tertiary/aromatic N) is 3. The Bertz CT molecular complexity index is 710. The molecule has 0 aromatic heterocycles. The van der Waals surface area contributed by atoms with Gasteiger partial charge in [-0.25, -0.2) is 0 Å². The van der Waals surface area contributed by atoms with E-state index in [4.69, 9.17) is 4.74 Å². The smallest absolute Gasteiger partial charge is 0.307 e. The molecule has 0 aliphatic carbocycles. The van der Waals surface area contributed by atoms with Crippen LogP contribution < -0.4 is 0 Å². The molecular formula is C19H23N3O3S. The predicted octanol–water partition coefficient (Wildman–Crippen LogP) is 2.23. The summed E-state index contributed by atoms with van der Waals surface area (Å²) in [6.07, 6.45) is 2.31. The Morgan fingerprint density at radius 2 is 1.96 bits per heavy atom. The number of hydrogen-bond acceptors (Lipinski definition) is 6. The van der Waals surface area contributed by atoms with Crippen molar-refractivity contribution in [3.63, 3.8) is 0 Å². The lowest BCUT2D eigenvalue weighted by Gasteiger charge is -2.35. The van der Waals surface area contributed by atoms with E-state index in [-0.39, 0.29) is 11.9 Å². The number of carbonyl (C=O) groups is 2. The van der Waals surface area contributed by atoms with E-state index in [0.29, 0.717) is 24.5 Å². The maximum absolute atomic E-state index is 12.2. The van der Waals surface area contributed by atoms with Crippen LogP contribution in [0.3, 0.4) is 0 Å². The minimum atomic E-state index is -0.168. The van der Waals surface area contributed by atoms with Gasteiger partial charge in [0.25, 0.3) is 5.91 Å². The summed E-state index contributed by atoms with van der Waals surface area (Å²) in [5.41, 5.74) is 1.00. The molecule has 1 aromatic rings. The van der Waals surface area contributed by atoms with Crippen LogP contribution >= 0.6 is 11.8 Å². The van der Waals surface area contributed by atoms with E-state index in [2.05, 4.69) is 14.8 Å². The average Bonchev–Trinajstić information content (AvgIpc) is 3.02. The first-order chi connectivity index (χ1) is 12.7. The van der Waals surface area contributed by atoms with Crippen molar-refractivity contribution in [1.82, 2.24) is 9.80 Å². The van der Waals surface area contributed by atoms with Crippen molar-refractivity contribution in [1.29, 1.82) is 0 Å². The Kier molecular flexibility index (Phi) is 6.46. The number of amides is 1. The van der Waals surface area contributed by atoms with Crippen LogP contribution in [0.15, 0.2) is 40.2 Å². The zero-order chi connectivity index (χ0) is 18.4. The Morgan fingerprint density at radius 1 is 1.23 bits per heavy atom. The molecule has 0 N–H and O–H groups in total. The molecule has 0 unspecified atom stereocenters. The van der Waals surface area contributed by atoms with Crippen LogP contribution in [-0.2, 0) is 14.3 Å². The lowest BCUT2D eigenvalue weighted by Crippen LogP contribution is -2.48. The summed E-state index contributed by atoms with van der Waals surface area (Å²) in [6, 6.07) is 9.80. The van der Waals surface area contributed by atoms with E-state index in [1.807, 2.05) is 43.3 Å². The summed E-state index contributed by atoms with van der Waals surface area (Å²) < 4.78 is 4.97. The highest BCUT2D eigenvalue weighted by Gasteiger charge is 2.28. The number of carbonyl (C=O) groups excluding carboxylic acids is 2. The van der Waals surface area contributed by atoms with Crippen molar-refractivity contribution in [2.75, 3.05) is 39.3 Å². The van der Waals surface area contributed by atoms with Crippen LogP contribution in [0.4, 0.5) is 0 Å². The Balaban J connectivity index is 1.49. The quantitative estimate of drug-likeness (QED) is 0.583. The number of amidine groups is 1. The summed E-state index contributed by atoms with van der Waals surface area (Å²) in [4.78, 5) is 32.9. The number of thioether (sulfide) groups is 1. The van der Waals surface area contributed by atoms with Crippen molar-refractivity contribution >= 4 is 34.9 Å². The molecule has 0 saturated carbocycles. The van der Waals surface area contributed by atoms with E-state index in [0.717, 1.165) is 36.9 Å². The molecule has 2 aliphatic rings. The molecule has 7 heteroatoms. The Labute approximate surface area is 157 Å². The number of aliphatic imine (C=N–C) groups is 1. The molecule has 26 heavy (non-hydrogen) atoms. The molecule has 1 aromatic carbocycles. The summed E-state index contributed by atoms with van der Waals surface area (Å²) in [7, 11) is 0. The van der Waals surface area contributed by atoms with Crippen LogP contribution in [0.2, 0.25) is 0 Å². The molecule has 2 aliphatic heterocycles.